The highest BCUT2D eigenvalue weighted by atomic mass is 35.5. The van der Waals surface area contributed by atoms with Crippen LogP contribution in [0.1, 0.15) is 21.6 Å². The van der Waals surface area contributed by atoms with Crippen molar-refractivity contribution in [2.45, 2.75) is 19.8 Å². The van der Waals surface area contributed by atoms with Gasteiger partial charge < -0.3 is 19.5 Å². The molecule has 0 unspecified atom stereocenters. The summed E-state index contributed by atoms with van der Waals surface area (Å²) in [4.78, 5) is 17.9. The molecular weight excluding hydrogens is 424 g/mol. The predicted octanol–water partition coefficient (Wildman–Crippen LogP) is 4.90. The van der Waals surface area contributed by atoms with E-state index in [0.29, 0.717) is 28.8 Å². The molecule has 0 saturated carbocycles. The van der Waals surface area contributed by atoms with E-state index in [1.54, 1.807) is 32.5 Å². The number of hydrogen-bond donors (Lipinski definition) is 1. The number of benzene rings is 2. The number of amides is 1. The summed E-state index contributed by atoms with van der Waals surface area (Å²) < 4.78 is 16.0. The largest absolute Gasteiger partial charge is 0.493 e. The van der Waals surface area contributed by atoms with E-state index in [9.17, 15) is 4.79 Å². The number of ether oxygens (including phenoxy) is 3. The van der Waals surface area contributed by atoms with Gasteiger partial charge in [0.25, 0.3) is 0 Å². The minimum Gasteiger partial charge on any atom is -0.493 e. The van der Waals surface area contributed by atoms with Gasteiger partial charge in [0.05, 0.1) is 27.8 Å². The Bertz CT molecular complexity index is 1030. The van der Waals surface area contributed by atoms with E-state index < -0.39 is 0 Å². The monoisotopic (exact) mass is 446 g/mol. The maximum absolute atomic E-state index is 12.5. The van der Waals surface area contributed by atoms with Crippen molar-refractivity contribution in [3.8, 4) is 17.2 Å². The highest BCUT2D eigenvalue weighted by Gasteiger charge is 2.16. The van der Waals surface area contributed by atoms with Crippen molar-refractivity contribution in [1.82, 2.24) is 4.98 Å². The number of aromatic nitrogens is 1. The zero-order valence-electron chi connectivity index (χ0n) is 17.2. The number of thiazole rings is 1. The first-order valence-corrected chi connectivity index (χ1v) is 10.4. The van der Waals surface area contributed by atoms with Gasteiger partial charge in [0.15, 0.2) is 16.6 Å². The second-order valence-electron chi connectivity index (χ2n) is 6.62. The normalized spacial score (nSPS) is 10.6. The Morgan fingerprint density at radius 2 is 1.83 bits per heavy atom. The minimum atomic E-state index is -0.182. The quantitative estimate of drug-likeness (QED) is 0.532. The summed E-state index contributed by atoms with van der Waals surface area (Å²) >= 11 is 7.81. The molecule has 0 aliphatic heterocycles. The molecule has 0 saturated heterocycles. The molecule has 0 atom stereocenters. The van der Waals surface area contributed by atoms with Crippen molar-refractivity contribution in [3.05, 3.63) is 63.1 Å². The van der Waals surface area contributed by atoms with E-state index in [1.165, 1.54) is 18.4 Å². The second-order valence-corrected chi connectivity index (χ2v) is 8.11. The van der Waals surface area contributed by atoms with Gasteiger partial charge in [-0.05, 0) is 35.7 Å². The van der Waals surface area contributed by atoms with Crippen LogP contribution in [-0.2, 0) is 17.6 Å². The fraction of sp³-hybridized carbons (Fsp3) is 0.273. The molecule has 1 amide bonds. The van der Waals surface area contributed by atoms with E-state index in [1.807, 2.05) is 25.1 Å². The van der Waals surface area contributed by atoms with E-state index in [-0.39, 0.29) is 12.3 Å². The number of anilines is 1. The van der Waals surface area contributed by atoms with Crippen LogP contribution in [0.3, 0.4) is 0 Å². The Balaban J connectivity index is 1.68. The first-order chi connectivity index (χ1) is 14.4. The molecule has 0 radical (unpaired) electrons. The third-order valence-corrected chi connectivity index (χ3v) is 5.98. The number of rotatable bonds is 8. The molecule has 1 N–H and O–H groups in total. The summed E-state index contributed by atoms with van der Waals surface area (Å²) in [6, 6.07) is 9.48. The molecule has 3 aromatic rings. The van der Waals surface area contributed by atoms with Gasteiger partial charge in [-0.25, -0.2) is 4.98 Å². The van der Waals surface area contributed by atoms with Crippen LogP contribution in [-0.4, -0.2) is 32.2 Å². The average molecular weight is 447 g/mol. The van der Waals surface area contributed by atoms with Crippen molar-refractivity contribution >= 4 is 34.0 Å². The fourth-order valence-electron chi connectivity index (χ4n) is 3.07. The SMILES string of the molecule is COc1cc(CC(=O)Nc2ncc(Cc3cccc(C)c3Cl)s2)cc(OC)c1OC. The molecule has 0 aliphatic rings. The lowest BCUT2D eigenvalue weighted by Crippen LogP contribution is -2.14. The number of carbonyl (C=O) groups is 1. The zero-order chi connectivity index (χ0) is 21.7. The Morgan fingerprint density at radius 1 is 1.13 bits per heavy atom. The Morgan fingerprint density at radius 3 is 2.47 bits per heavy atom. The van der Waals surface area contributed by atoms with Gasteiger partial charge in [0.1, 0.15) is 0 Å². The highest BCUT2D eigenvalue weighted by molar-refractivity contribution is 7.15. The second kappa shape index (κ2) is 9.82. The van der Waals surface area contributed by atoms with Gasteiger partial charge in [-0.1, -0.05) is 29.8 Å². The maximum atomic E-state index is 12.5. The predicted molar refractivity (Wildman–Crippen MR) is 120 cm³/mol. The number of methoxy groups -OCH3 is 3. The average Bonchev–Trinajstić information content (AvgIpc) is 3.17. The van der Waals surface area contributed by atoms with Gasteiger partial charge in [-0.15, -0.1) is 11.3 Å². The lowest BCUT2D eigenvalue weighted by Gasteiger charge is -2.13. The molecule has 8 heteroatoms. The minimum absolute atomic E-state index is 0.148. The number of nitrogens with one attached hydrogen (secondary N) is 1. The van der Waals surface area contributed by atoms with Gasteiger partial charge >= 0.3 is 0 Å². The molecule has 0 fully saturated rings. The van der Waals surface area contributed by atoms with Crippen LogP contribution in [0, 0.1) is 6.92 Å². The molecule has 0 aliphatic carbocycles. The molecule has 0 bridgehead atoms. The number of carbonyl (C=O) groups excluding carboxylic acids is 1. The summed E-state index contributed by atoms with van der Waals surface area (Å²) in [5.41, 5.74) is 2.82. The summed E-state index contributed by atoms with van der Waals surface area (Å²) in [5, 5.41) is 4.16. The summed E-state index contributed by atoms with van der Waals surface area (Å²) in [5.74, 6) is 1.32. The fourth-order valence-corrected chi connectivity index (χ4v) is 4.11. The highest BCUT2D eigenvalue weighted by Crippen LogP contribution is 2.38. The lowest BCUT2D eigenvalue weighted by molar-refractivity contribution is -0.115. The molecule has 0 spiro atoms. The van der Waals surface area contributed by atoms with Gasteiger partial charge in [-0.2, -0.15) is 0 Å². The van der Waals surface area contributed by atoms with Crippen molar-refractivity contribution in [2.24, 2.45) is 0 Å². The smallest absolute Gasteiger partial charge is 0.230 e. The third-order valence-electron chi connectivity index (χ3n) is 4.53. The summed E-state index contributed by atoms with van der Waals surface area (Å²) in [7, 11) is 4.62. The number of nitrogens with zero attached hydrogens (tertiary/aromatic N) is 1. The van der Waals surface area contributed by atoms with Crippen LogP contribution in [0.2, 0.25) is 5.02 Å². The van der Waals surface area contributed by atoms with Crippen molar-refractivity contribution in [2.75, 3.05) is 26.6 Å². The molecule has 30 heavy (non-hydrogen) atoms. The summed E-state index contributed by atoms with van der Waals surface area (Å²) in [6.07, 6.45) is 2.58. The Hall–Kier alpha value is -2.77. The van der Waals surface area contributed by atoms with Crippen molar-refractivity contribution in [3.63, 3.8) is 0 Å². The standard InChI is InChI=1S/C22H23ClN2O4S/c1-13-6-5-7-15(20(13)23)11-16-12-24-22(30-16)25-19(26)10-14-8-17(27-2)21(29-4)18(9-14)28-3/h5-9,12H,10-11H2,1-4H3,(H,24,25,26). The molecule has 6 nitrogen and oxygen atoms in total. The van der Waals surface area contributed by atoms with E-state index in [0.717, 1.165) is 26.6 Å². The Kier molecular flexibility index (Phi) is 7.18. The van der Waals surface area contributed by atoms with Crippen molar-refractivity contribution < 1.29 is 19.0 Å². The number of hydrogen-bond acceptors (Lipinski definition) is 6. The van der Waals surface area contributed by atoms with Crippen LogP contribution < -0.4 is 19.5 Å². The van der Waals surface area contributed by atoms with E-state index >= 15 is 0 Å². The number of aryl methyl sites for hydroxylation is 1. The van der Waals surface area contributed by atoms with Crippen LogP contribution in [0.15, 0.2) is 36.5 Å². The first kappa shape index (κ1) is 21.9. The molecule has 2 aromatic carbocycles. The van der Waals surface area contributed by atoms with Crippen LogP contribution in [0.4, 0.5) is 5.13 Å². The molecular formula is C22H23ClN2O4S. The van der Waals surface area contributed by atoms with E-state index in [4.69, 9.17) is 25.8 Å². The molecule has 1 heterocycles. The number of halogens is 1. The van der Waals surface area contributed by atoms with Crippen LogP contribution >= 0.6 is 22.9 Å². The topological polar surface area (TPSA) is 69.7 Å². The molecule has 3 rings (SSSR count). The van der Waals surface area contributed by atoms with Gasteiger partial charge in [0, 0.05) is 22.5 Å². The molecule has 1 aromatic heterocycles. The van der Waals surface area contributed by atoms with E-state index in [2.05, 4.69) is 10.3 Å². The van der Waals surface area contributed by atoms with Gasteiger partial charge in [0.2, 0.25) is 11.7 Å². The lowest BCUT2D eigenvalue weighted by atomic mass is 10.1. The zero-order valence-corrected chi connectivity index (χ0v) is 18.8. The van der Waals surface area contributed by atoms with Gasteiger partial charge in [-0.3, -0.25) is 4.79 Å². The van der Waals surface area contributed by atoms with Crippen molar-refractivity contribution in [1.29, 1.82) is 0 Å². The van der Waals surface area contributed by atoms with Crippen LogP contribution in [0.5, 0.6) is 17.2 Å². The maximum Gasteiger partial charge on any atom is 0.230 e. The third kappa shape index (κ3) is 5.04. The Labute approximate surface area is 184 Å². The molecule has 158 valence electrons. The first-order valence-electron chi connectivity index (χ1n) is 9.22. The van der Waals surface area contributed by atoms with Crippen LogP contribution in [0.25, 0.3) is 0 Å². The summed E-state index contributed by atoms with van der Waals surface area (Å²) in [6.45, 7) is 1.98.